The van der Waals surface area contributed by atoms with Crippen molar-refractivity contribution in [3.05, 3.63) is 43.9 Å². The Labute approximate surface area is 100.0 Å². The zero-order chi connectivity index (χ0) is 9.42. The van der Waals surface area contributed by atoms with Gasteiger partial charge in [0.15, 0.2) is 0 Å². The molecular weight excluding hydrogens is 318 g/mol. The van der Waals surface area contributed by atoms with Crippen LogP contribution in [0.25, 0.3) is 10.8 Å². The monoisotopic (exact) mass is 322 g/mol. The Bertz CT molecular complexity index is 466. The minimum atomic E-state index is 0.712. The van der Waals surface area contributed by atoms with Gasteiger partial charge in [-0.2, -0.15) is 0 Å². The first-order valence-corrected chi connectivity index (χ1v) is 5.56. The molecule has 0 unspecified atom stereocenters. The molecule has 0 fully saturated rings. The average Bonchev–Trinajstić information content (AvgIpc) is 2.15. The fraction of sp³-hybridized carbons (Fsp3) is 0. The Kier molecular flexibility index (Phi) is 2.67. The molecule has 2 aromatic carbocycles. The van der Waals surface area contributed by atoms with E-state index in [-0.39, 0.29) is 0 Å². The molecule has 0 aliphatic heterocycles. The summed E-state index contributed by atoms with van der Waals surface area (Å²) >= 11 is 14.3. The van der Waals surface area contributed by atoms with E-state index in [9.17, 15) is 0 Å². The third kappa shape index (κ3) is 1.65. The lowest BCUT2D eigenvalue weighted by Gasteiger charge is -2.04. The topological polar surface area (TPSA) is 0 Å². The van der Waals surface area contributed by atoms with Gasteiger partial charge in [-0.25, -0.2) is 0 Å². The van der Waals surface area contributed by atoms with E-state index in [0.717, 1.165) is 19.4 Å². The third-order valence-corrected chi connectivity index (χ3v) is 4.33. The van der Waals surface area contributed by atoms with Crippen molar-refractivity contribution < 1.29 is 0 Å². The first-order chi connectivity index (χ1) is 6.20. The third-order valence-electron chi connectivity index (χ3n) is 1.88. The van der Waals surface area contributed by atoms with Gasteiger partial charge in [0.25, 0.3) is 0 Å². The predicted molar refractivity (Wildman–Crippen MR) is 66.7 cm³/mol. The maximum Gasteiger partial charge on any atom is 0.0632 e. The molecule has 0 radical (unpaired) electrons. The van der Waals surface area contributed by atoms with E-state index < -0.39 is 0 Å². The van der Waals surface area contributed by atoms with Crippen LogP contribution in [0.4, 0.5) is 0 Å². The van der Waals surface area contributed by atoms with Crippen LogP contribution in [0, 0.1) is 3.57 Å². The van der Waals surface area contributed by atoms with E-state index in [0.29, 0.717) is 5.02 Å². The second kappa shape index (κ2) is 3.64. The van der Waals surface area contributed by atoms with Gasteiger partial charge < -0.3 is 0 Å². The number of benzene rings is 2. The SMILES string of the molecule is Clc1cc2ccccc2c(Cl)c1I. The molecule has 0 saturated heterocycles. The van der Waals surface area contributed by atoms with Crippen LogP contribution < -0.4 is 0 Å². The highest BCUT2D eigenvalue weighted by molar-refractivity contribution is 14.1. The fourth-order valence-corrected chi connectivity index (χ4v) is 2.23. The standard InChI is InChI=1S/C10H5Cl2I/c11-8-5-6-3-1-2-4-7(6)9(12)10(8)13/h1-5H. The highest BCUT2D eigenvalue weighted by atomic mass is 127. The Morgan fingerprint density at radius 3 is 2.54 bits per heavy atom. The van der Waals surface area contributed by atoms with Crippen molar-refractivity contribution in [1.82, 2.24) is 0 Å². The van der Waals surface area contributed by atoms with Crippen LogP contribution in [0.2, 0.25) is 10.0 Å². The summed E-state index contributed by atoms with van der Waals surface area (Å²) in [5.41, 5.74) is 0. The van der Waals surface area contributed by atoms with E-state index in [1.54, 1.807) is 0 Å². The first kappa shape index (κ1) is 9.56. The van der Waals surface area contributed by atoms with Gasteiger partial charge in [-0.1, -0.05) is 47.5 Å². The van der Waals surface area contributed by atoms with Crippen LogP contribution in [0.3, 0.4) is 0 Å². The number of hydrogen-bond acceptors (Lipinski definition) is 0. The second-order valence-electron chi connectivity index (χ2n) is 2.71. The van der Waals surface area contributed by atoms with E-state index >= 15 is 0 Å². The van der Waals surface area contributed by atoms with Crippen molar-refractivity contribution in [3.8, 4) is 0 Å². The van der Waals surface area contributed by atoms with Crippen LogP contribution in [0.1, 0.15) is 0 Å². The second-order valence-corrected chi connectivity index (χ2v) is 4.57. The summed E-state index contributed by atoms with van der Waals surface area (Å²) in [5.74, 6) is 0. The van der Waals surface area contributed by atoms with Crippen LogP contribution in [-0.2, 0) is 0 Å². The minimum Gasteiger partial charge on any atom is -0.0831 e. The van der Waals surface area contributed by atoms with Crippen molar-refractivity contribution >= 4 is 56.6 Å². The maximum absolute atomic E-state index is 6.14. The molecule has 0 spiro atoms. The lowest BCUT2D eigenvalue weighted by molar-refractivity contribution is 1.69. The van der Waals surface area contributed by atoms with Crippen molar-refractivity contribution in [1.29, 1.82) is 0 Å². The highest BCUT2D eigenvalue weighted by Gasteiger charge is 2.06. The van der Waals surface area contributed by atoms with E-state index in [4.69, 9.17) is 23.2 Å². The Hall–Kier alpha value is 0.01000. The molecular formula is C10H5Cl2I. The van der Waals surface area contributed by atoms with Gasteiger partial charge in [0.05, 0.1) is 13.6 Å². The average molecular weight is 323 g/mol. The molecule has 0 saturated carbocycles. The Morgan fingerprint density at radius 2 is 1.77 bits per heavy atom. The summed E-state index contributed by atoms with van der Waals surface area (Å²) in [7, 11) is 0. The zero-order valence-corrected chi connectivity index (χ0v) is 10.2. The zero-order valence-electron chi connectivity index (χ0n) is 6.52. The number of fused-ring (bicyclic) bond motifs is 1. The normalized spacial score (nSPS) is 10.7. The smallest absolute Gasteiger partial charge is 0.0632 e. The number of hydrogen-bond donors (Lipinski definition) is 0. The lowest BCUT2D eigenvalue weighted by Crippen LogP contribution is -1.80. The van der Waals surface area contributed by atoms with E-state index in [2.05, 4.69) is 22.6 Å². The minimum absolute atomic E-state index is 0.712. The van der Waals surface area contributed by atoms with Crippen molar-refractivity contribution in [2.45, 2.75) is 0 Å². The van der Waals surface area contributed by atoms with E-state index in [1.165, 1.54) is 0 Å². The molecule has 66 valence electrons. The Morgan fingerprint density at radius 1 is 1.08 bits per heavy atom. The van der Waals surface area contributed by atoms with Gasteiger partial charge >= 0.3 is 0 Å². The van der Waals surface area contributed by atoms with Gasteiger partial charge in [-0.3, -0.25) is 0 Å². The van der Waals surface area contributed by atoms with Gasteiger partial charge in [-0.05, 0) is 34.0 Å². The molecule has 0 nitrogen and oxygen atoms in total. The van der Waals surface area contributed by atoms with Crippen LogP contribution in [0.15, 0.2) is 30.3 Å². The quantitative estimate of drug-likeness (QED) is 0.485. The molecule has 2 rings (SSSR count). The predicted octanol–water partition coefficient (Wildman–Crippen LogP) is 4.75. The van der Waals surface area contributed by atoms with Crippen molar-refractivity contribution in [2.24, 2.45) is 0 Å². The van der Waals surface area contributed by atoms with Crippen molar-refractivity contribution in [2.75, 3.05) is 0 Å². The van der Waals surface area contributed by atoms with Gasteiger partial charge in [0, 0.05) is 5.39 Å². The molecule has 0 amide bonds. The van der Waals surface area contributed by atoms with Crippen LogP contribution >= 0.6 is 45.8 Å². The number of halogens is 3. The molecule has 0 heterocycles. The van der Waals surface area contributed by atoms with Crippen LogP contribution in [0.5, 0.6) is 0 Å². The summed E-state index contributed by atoms with van der Waals surface area (Å²) in [5, 5.41) is 3.59. The molecule has 0 aliphatic carbocycles. The van der Waals surface area contributed by atoms with Crippen LogP contribution in [-0.4, -0.2) is 0 Å². The Balaban J connectivity index is 2.94. The summed E-state index contributed by atoms with van der Waals surface area (Å²) in [6.45, 7) is 0. The summed E-state index contributed by atoms with van der Waals surface area (Å²) in [4.78, 5) is 0. The van der Waals surface area contributed by atoms with Gasteiger partial charge in [-0.15, -0.1) is 0 Å². The number of rotatable bonds is 0. The molecule has 0 atom stereocenters. The lowest BCUT2D eigenvalue weighted by atomic mass is 10.1. The fourth-order valence-electron chi connectivity index (χ4n) is 1.25. The van der Waals surface area contributed by atoms with E-state index in [1.807, 2.05) is 30.3 Å². The molecule has 13 heavy (non-hydrogen) atoms. The summed E-state index contributed by atoms with van der Waals surface area (Å²) in [6.07, 6.45) is 0. The molecule has 0 aliphatic rings. The summed E-state index contributed by atoms with van der Waals surface area (Å²) < 4.78 is 0.916. The first-order valence-electron chi connectivity index (χ1n) is 3.72. The summed E-state index contributed by atoms with van der Waals surface area (Å²) in [6, 6.07) is 9.88. The largest absolute Gasteiger partial charge is 0.0831 e. The van der Waals surface area contributed by atoms with Gasteiger partial charge in [0.1, 0.15) is 0 Å². The molecule has 0 aromatic heterocycles. The van der Waals surface area contributed by atoms with Crippen molar-refractivity contribution in [3.63, 3.8) is 0 Å². The van der Waals surface area contributed by atoms with Gasteiger partial charge in [0.2, 0.25) is 0 Å². The maximum atomic E-state index is 6.14. The molecule has 0 N–H and O–H groups in total. The molecule has 0 bridgehead atoms. The highest BCUT2D eigenvalue weighted by Crippen LogP contribution is 2.33. The molecule has 3 heteroatoms. The molecule has 2 aromatic rings.